The first-order chi connectivity index (χ1) is 12.6. The number of nitrogens with one attached hydrogen (secondary N) is 1. The van der Waals surface area contributed by atoms with E-state index in [2.05, 4.69) is 25.9 Å². The summed E-state index contributed by atoms with van der Waals surface area (Å²) in [6, 6.07) is 11.1. The van der Waals surface area contributed by atoms with E-state index >= 15 is 0 Å². The molecular weight excluding hydrogens is 400 g/mol. The average Bonchev–Trinajstić information content (AvgIpc) is 2.66. The number of ether oxygens (including phenoxy) is 3. The van der Waals surface area contributed by atoms with E-state index < -0.39 is 0 Å². The molecule has 0 atom stereocenters. The Morgan fingerprint density at radius 3 is 2.69 bits per heavy atom. The van der Waals surface area contributed by atoms with Crippen LogP contribution in [0.15, 0.2) is 45.7 Å². The van der Waals surface area contributed by atoms with Crippen LogP contribution in [-0.4, -0.2) is 24.2 Å². The largest absolute Gasteiger partial charge is 0.496 e. The SMILES string of the molecule is COc1ccccc1-c1nc2c(c(=O)[nH]1)Cc1cc(Br)cc(OC)c1O2. The number of aromatic nitrogens is 2. The average molecular weight is 415 g/mol. The highest BCUT2D eigenvalue weighted by atomic mass is 79.9. The minimum absolute atomic E-state index is 0.236. The minimum atomic E-state index is -0.236. The Kier molecular flexibility index (Phi) is 4.16. The molecule has 1 aliphatic rings. The normalized spacial score (nSPS) is 12.0. The molecule has 2 heterocycles. The Bertz CT molecular complexity index is 1060. The van der Waals surface area contributed by atoms with Crippen LogP contribution in [0.3, 0.4) is 0 Å². The van der Waals surface area contributed by atoms with Gasteiger partial charge in [-0.05, 0) is 24.3 Å². The van der Waals surface area contributed by atoms with Gasteiger partial charge in [-0.25, -0.2) is 0 Å². The molecule has 0 amide bonds. The quantitative estimate of drug-likeness (QED) is 0.549. The number of aromatic amines is 1. The van der Waals surface area contributed by atoms with E-state index in [4.69, 9.17) is 14.2 Å². The Hall–Kier alpha value is -2.80. The van der Waals surface area contributed by atoms with E-state index in [0.29, 0.717) is 40.6 Å². The first kappa shape index (κ1) is 16.7. The summed E-state index contributed by atoms with van der Waals surface area (Å²) in [6.07, 6.45) is 0.412. The van der Waals surface area contributed by atoms with Gasteiger partial charge in [0.1, 0.15) is 11.6 Å². The van der Waals surface area contributed by atoms with Crippen molar-refractivity contribution in [1.82, 2.24) is 9.97 Å². The zero-order chi connectivity index (χ0) is 18.3. The van der Waals surface area contributed by atoms with E-state index in [-0.39, 0.29) is 11.4 Å². The number of rotatable bonds is 3. The number of hydrogen-bond acceptors (Lipinski definition) is 5. The van der Waals surface area contributed by atoms with E-state index in [1.54, 1.807) is 14.2 Å². The van der Waals surface area contributed by atoms with E-state index in [9.17, 15) is 4.79 Å². The molecule has 0 saturated carbocycles. The standard InChI is InChI=1S/C19H15BrN2O4/c1-24-14-6-4-3-5-12(14)17-21-18(23)13-8-10-7-11(20)9-15(25-2)16(10)26-19(13)22-17/h3-7,9H,8H2,1-2H3,(H,21,22,23). The fourth-order valence-corrected chi connectivity index (χ4v) is 3.48. The summed E-state index contributed by atoms with van der Waals surface area (Å²) < 4.78 is 17.6. The summed E-state index contributed by atoms with van der Waals surface area (Å²) >= 11 is 3.45. The molecule has 0 fully saturated rings. The monoisotopic (exact) mass is 414 g/mol. The summed E-state index contributed by atoms with van der Waals surface area (Å²) in [5, 5.41) is 0. The third-order valence-electron chi connectivity index (χ3n) is 4.22. The molecule has 7 heteroatoms. The van der Waals surface area contributed by atoms with Crippen LogP contribution in [0.5, 0.6) is 23.1 Å². The molecule has 1 aromatic heterocycles. The molecule has 0 spiro atoms. The maximum Gasteiger partial charge on any atom is 0.258 e. The van der Waals surface area contributed by atoms with Crippen molar-refractivity contribution >= 4 is 15.9 Å². The summed E-state index contributed by atoms with van der Waals surface area (Å²) in [7, 11) is 3.15. The molecule has 0 aliphatic carbocycles. The van der Waals surface area contributed by atoms with Gasteiger partial charge in [-0.15, -0.1) is 0 Å². The van der Waals surface area contributed by atoms with Gasteiger partial charge in [0, 0.05) is 16.5 Å². The molecule has 1 aliphatic heterocycles. The molecule has 4 rings (SSSR count). The first-order valence-corrected chi connectivity index (χ1v) is 8.71. The van der Waals surface area contributed by atoms with Crippen LogP contribution in [0.1, 0.15) is 11.1 Å². The number of benzene rings is 2. The third-order valence-corrected chi connectivity index (χ3v) is 4.68. The lowest BCUT2D eigenvalue weighted by molar-refractivity contribution is 0.364. The molecule has 132 valence electrons. The van der Waals surface area contributed by atoms with Crippen LogP contribution < -0.4 is 19.8 Å². The molecular formula is C19H15BrN2O4. The second kappa shape index (κ2) is 6.49. The maximum absolute atomic E-state index is 12.6. The highest BCUT2D eigenvalue weighted by Crippen LogP contribution is 2.43. The Balaban J connectivity index is 1.85. The van der Waals surface area contributed by atoms with Crippen molar-refractivity contribution in [3.63, 3.8) is 0 Å². The predicted molar refractivity (Wildman–Crippen MR) is 100 cm³/mol. The maximum atomic E-state index is 12.6. The van der Waals surface area contributed by atoms with Crippen molar-refractivity contribution in [2.45, 2.75) is 6.42 Å². The Morgan fingerprint density at radius 2 is 1.92 bits per heavy atom. The van der Waals surface area contributed by atoms with Crippen LogP contribution in [0.25, 0.3) is 11.4 Å². The molecule has 1 N–H and O–H groups in total. The van der Waals surface area contributed by atoms with Gasteiger partial charge in [0.2, 0.25) is 5.88 Å². The number of para-hydroxylation sites is 1. The predicted octanol–water partition coefficient (Wildman–Crippen LogP) is 3.91. The minimum Gasteiger partial charge on any atom is -0.496 e. The number of fused-ring (bicyclic) bond motifs is 2. The molecule has 6 nitrogen and oxygen atoms in total. The van der Waals surface area contributed by atoms with Crippen molar-refractivity contribution in [1.29, 1.82) is 0 Å². The highest BCUT2D eigenvalue weighted by Gasteiger charge is 2.26. The fourth-order valence-electron chi connectivity index (χ4n) is 2.99. The fraction of sp³-hybridized carbons (Fsp3) is 0.158. The van der Waals surface area contributed by atoms with Gasteiger partial charge in [-0.1, -0.05) is 28.1 Å². The van der Waals surface area contributed by atoms with Gasteiger partial charge in [0.05, 0.1) is 25.3 Å². The summed E-state index contributed by atoms with van der Waals surface area (Å²) in [5.41, 5.74) is 1.80. The van der Waals surface area contributed by atoms with Crippen LogP contribution in [0, 0.1) is 0 Å². The zero-order valence-corrected chi connectivity index (χ0v) is 15.7. The van der Waals surface area contributed by atoms with Crippen molar-refractivity contribution in [2.75, 3.05) is 14.2 Å². The van der Waals surface area contributed by atoms with Crippen molar-refractivity contribution in [3.05, 3.63) is 62.4 Å². The van der Waals surface area contributed by atoms with Gasteiger partial charge in [-0.3, -0.25) is 4.79 Å². The summed E-state index contributed by atoms with van der Waals surface area (Å²) in [5.74, 6) is 2.45. The molecule has 3 aromatic rings. The molecule has 26 heavy (non-hydrogen) atoms. The Labute approximate surface area is 157 Å². The smallest absolute Gasteiger partial charge is 0.258 e. The lowest BCUT2D eigenvalue weighted by Gasteiger charge is -2.21. The summed E-state index contributed by atoms with van der Waals surface area (Å²) in [4.78, 5) is 20.0. The molecule has 2 aromatic carbocycles. The van der Waals surface area contributed by atoms with Crippen molar-refractivity contribution < 1.29 is 14.2 Å². The van der Waals surface area contributed by atoms with Gasteiger partial charge in [0.15, 0.2) is 11.5 Å². The number of methoxy groups -OCH3 is 2. The number of nitrogens with zero attached hydrogens (tertiary/aromatic N) is 1. The summed E-state index contributed by atoms with van der Waals surface area (Å²) in [6.45, 7) is 0. The van der Waals surface area contributed by atoms with Gasteiger partial charge >= 0.3 is 0 Å². The second-order valence-corrected chi connectivity index (χ2v) is 6.69. The lowest BCUT2D eigenvalue weighted by Crippen LogP contribution is -2.20. The van der Waals surface area contributed by atoms with Gasteiger partial charge in [0.25, 0.3) is 5.56 Å². The molecule has 0 unspecified atom stereocenters. The van der Waals surface area contributed by atoms with Crippen molar-refractivity contribution in [3.8, 4) is 34.5 Å². The number of halogens is 1. The van der Waals surface area contributed by atoms with Crippen LogP contribution in [-0.2, 0) is 6.42 Å². The van der Waals surface area contributed by atoms with E-state index in [1.807, 2.05) is 36.4 Å². The van der Waals surface area contributed by atoms with E-state index in [1.165, 1.54) is 0 Å². The molecule has 0 saturated heterocycles. The third kappa shape index (κ3) is 2.74. The Morgan fingerprint density at radius 1 is 1.15 bits per heavy atom. The van der Waals surface area contributed by atoms with Crippen molar-refractivity contribution in [2.24, 2.45) is 0 Å². The zero-order valence-electron chi connectivity index (χ0n) is 14.1. The topological polar surface area (TPSA) is 73.4 Å². The van der Waals surface area contributed by atoms with Crippen LogP contribution in [0.2, 0.25) is 0 Å². The van der Waals surface area contributed by atoms with Crippen LogP contribution in [0.4, 0.5) is 0 Å². The highest BCUT2D eigenvalue weighted by molar-refractivity contribution is 9.10. The van der Waals surface area contributed by atoms with Gasteiger partial charge < -0.3 is 19.2 Å². The second-order valence-electron chi connectivity index (χ2n) is 5.77. The van der Waals surface area contributed by atoms with Gasteiger partial charge in [-0.2, -0.15) is 4.98 Å². The van der Waals surface area contributed by atoms with E-state index in [0.717, 1.165) is 10.0 Å². The molecule has 0 radical (unpaired) electrons. The molecule has 0 bridgehead atoms. The first-order valence-electron chi connectivity index (χ1n) is 7.91. The number of H-pyrrole nitrogens is 1. The lowest BCUT2D eigenvalue weighted by atomic mass is 10.0. The van der Waals surface area contributed by atoms with Crippen LogP contribution >= 0.6 is 15.9 Å². The number of hydrogen-bond donors (Lipinski definition) is 1.